The van der Waals surface area contributed by atoms with E-state index in [1.54, 1.807) is 6.92 Å². The van der Waals surface area contributed by atoms with E-state index in [1.807, 2.05) is 4.72 Å². The van der Waals surface area contributed by atoms with Gasteiger partial charge in [0.1, 0.15) is 5.82 Å². The van der Waals surface area contributed by atoms with Crippen LogP contribution in [0.5, 0.6) is 0 Å². The first kappa shape index (κ1) is 22.1. The van der Waals surface area contributed by atoms with Gasteiger partial charge in [0, 0.05) is 12.6 Å². The number of benzene rings is 1. The first-order valence-corrected chi connectivity index (χ1v) is 9.76. The number of sulfonamides is 2. The quantitative estimate of drug-likeness (QED) is 0.613. The molecule has 0 aliphatic carbocycles. The molecule has 0 aliphatic rings. The van der Waals surface area contributed by atoms with Gasteiger partial charge in [-0.1, -0.05) is 0 Å². The Kier molecular flexibility index (Phi) is 8.43. The minimum absolute atomic E-state index is 0. The Balaban J connectivity index is 0.00000484. The molecule has 0 fully saturated rings. The van der Waals surface area contributed by atoms with E-state index in [2.05, 4.69) is 4.72 Å². The van der Waals surface area contributed by atoms with Gasteiger partial charge in [-0.3, -0.25) is 4.72 Å². The molecule has 1 rings (SSSR count). The smallest absolute Gasteiger partial charge is 0.240 e. The van der Waals surface area contributed by atoms with Crippen LogP contribution >= 0.6 is 12.4 Å². The first-order valence-electron chi connectivity index (χ1n) is 6.62. The van der Waals surface area contributed by atoms with Crippen LogP contribution in [0.15, 0.2) is 23.1 Å². The van der Waals surface area contributed by atoms with Crippen molar-refractivity contribution in [3.05, 3.63) is 24.0 Å². The maximum atomic E-state index is 13.9. The van der Waals surface area contributed by atoms with Crippen molar-refractivity contribution in [3.63, 3.8) is 0 Å². The normalized spacial score (nSPS) is 13.2. The molecule has 4 N–H and O–H groups in total. The van der Waals surface area contributed by atoms with Crippen LogP contribution in [0.4, 0.5) is 10.1 Å². The Labute approximate surface area is 142 Å². The van der Waals surface area contributed by atoms with Gasteiger partial charge in [0.05, 0.1) is 16.3 Å². The number of anilines is 1. The summed E-state index contributed by atoms with van der Waals surface area (Å²) in [5, 5.41) is 0. The van der Waals surface area contributed by atoms with Gasteiger partial charge in [-0.2, -0.15) is 0 Å². The molecule has 7 nitrogen and oxygen atoms in total. The summed E-state index contributed by atoms with van der Waals surface area (Å²) < 4.78 is 64.9. The second-order valence-electron chi connectivity index (χ2n) is 4.81. The van der Waals surface area contributed by atoms with Crippen molar-refractivity contribution in [3.8, 4) is 0 Å². The third kappa shape index (κ3) is 7.00. The molecule has 1 unspecified atom stereocenters. The van der Waals surface area contributed by atoms with E-state index in [-0.39, 0.29) is 41.3 Å². The summed E-state index contributed by atoms with van der Waals surface area (Å²) in [4.78, 5) is -0.283. The van der Waals surface area contributed by atoms with Gasteiger partial charge in [0.15, 0.2) is 0 Å². The third-order valence-electron chi connectivity index (χ3n) is 2.79. The van der Waals surface area contributed by atoms with Gasteiger partial charge in [-0.15, -0.1) is 12.4 Å². The Hall–Kier alpha value is -0.940. The molecule has 0 heterocycles. The van der Waals surface area contributed by atoms with Crippen molar-refractivity contribution in [2.24, 2.45) is 5.73 Å². The molecule has 0 aliphatic heterocycles. The van der Waals surface area contributed by atoms with E-state index >= 15 is 0 Å². The van der Waals surface area contributed by atoms with Gasteiger partial charge in [-0.25, -0.2) is 25.9 Å². The summed E-state index contributed by atoms with van der Waals surface area (Å²) in [6, 6.07) is 2.81. The molecule has 1 atom stereocenters. The van der Waals surface area contributed by atoms with E-state index in [1.165, 1.54) is 6.92 Å². The van der Waals surface area contributed by atoms with Crippen molar-refractivity contribution in [1.82, 2.24) is 4.72 Å². The minimum Gasteiger partial charge on any atom is -0.328 e. The van der Waals surface area contributed by atoms with Gasteiger partial charge in [-0.05, 0) is 38.5 Å². The molecule has 134 valence electrons. The summed E-state index contributed by atoms with van der Waals surface area (Å²) >= 11 is 0. The van der Waals surface area contributed by atoms with Crippen LogP contribution in [-0.4, -0.2) is 35.2 Å². The zero-order valence-electron chi connectivity index (χ0n) is 12.7. The Morgan fingerprint density at radius 1 is 1.26 bits per heavy atom. The van der Waals surface area contributed by atoms with Crippen molar-refractivity contribution in [2.45, 2.75) is 31.2 Å². The van der Waals surface area contributed by atoms with Gasteiger partial charge in [0.25, 0.3) is 0 Å². The van der Waals surface area contributed by atoms with E-state index in [4.69, 9.17) is 5.73 Å². The van der Waals surface area contributed by atoms with Crippen molar-refractivity contribution < 1.29 is 21.2 Å². The summed E-state index contributed by atoms with van der Waals surface area (Å²) in [5.41, 5.74) is 5.22. The molecule has 0 bridgehead atoms. The van der Waals surface area contributed by atoms with Crippen LogP contribution in [0.25, 0.3) is 0 Å². The fourth-order valence-corrected chi connectivity index (χ4v) is 3.19. The lowest BCUT2D eigenvalue weighted by Crippen LogP contribution is -2.29. The second kappa shape index (κ2) is 8.78. The van der Waals surface area contributed by atoms with Gasteiger partial charge >= 0.3 is 0 Å². The first-order chi connectivity index (χ1) is 10.1. The fourth-order valence-electron chi connectivity index (χ4n) is 1.49. The average molecular weight is 390 g/mol. The maximum Gasteiger partial charge on any atom is 0.240 e. The fraction of sp³-hybridized carbons (Fsp3) is 0.500. The third-order valence-corrected chi connectivity index (χ3v) is 5.54. The predicted octanol–water partition coefficient (Wildman–Crippen LogP) is 1.02. The summed E-state index contributed by atoms with van der Waals surface area (Å²) in [6.45, 7) is 3.27. The highest BCUT2D eigenvalue weighted by atomic mass is 35.5. The topological polar surface area (TPSA) is 118 Å². The molecule has 0 radical (unpaired) electrons. The molecule has 1 aromatic rings. The number of hydrogen-bond acceptors (Lipinski definition) is 5. The molecule has 0 aromatic heterocycles. The minimum atomic E-state index is -3.87. The summed E-state index contributed by atoms with van der Waals surface area (Å²) in [7, 11) is -7.50. The molecule has 11 heteroatoms. The summed E-state index contributed by atoms with van der Waals surface area (Å²) in [6.07, 6.45) is 0.441. The monoisotopic (exact) mass is 389 g/mol. The highest BCUT2D eigenvalue weighted by Crippen LogP contribution is 2.20. The van der Waals surface area contributed by atoms with Crippen molar-refractivity contribution in [2.75, 3.05) is 17.0 Å². The number of nitrogens with one attached hydrogen (secondary N) is 2. The van der Waals surface area contributed by atoms with E-state index in [0.29, 0.717) is 6.42 Å². The number of halogens is 2. The van der Waals surface area contributed by atoms with Crippen LogP contribution in [0.3, 0.4) is 0 Å². The number of rotatable bonds is 8. The SMILES string of the molecule is CCS(=O)(=O)Nc1ccc(S(=O)(=O)NCCC(C)N)cc1F.Cl. The van der Waals surface area contributed by atoms with Crippen LogP contribution < -0.4 is 15.2 Å². The lowest BCUT2D eigenvalue weighted by molar-refractivity contribution is 0.569. The number of nitrogens with two attached hydrogens (primary N) is 1. The summed E-state index contributed by atoms with van der Waals surface area (Å²) in [5.74, 6) is -1.18. The van der Waals surface area contributed by atoms with Crippen LogP contribution in [0, 0.1) is 5.82 Å². The van der Waals surface area contributed by atoms with Crippen LogP contribution in [0.2, 0.25) is 0 Å². The molecule has 0 saturated carbocycles. The van der Waals surface area contributed by atoms with Gasteiger partial charge in [0.2, 0.25) is 20.0 Å². The Morgan fingerprint density at radius 2 is 1.87 bits per heavy atom. The van der Waals surface area contributed by atoms with Crippen LogP contribution in [-0.2, 0) is 20.0 Å². The molecular formula is C12H21ClFN3O4S2. The molecule has 0 spiro atoms. The van der Waals surface area contributed by atoms with Crippen molar-refractivity contribution in [1.29, 1.82) is 0 Å². The maximum absolute atomic E-state index is 13.9. The largest absolute Gasteiger partial charge is 0.328 e. The van der Waals surface area contributed by atoms with E-state index < -0.39 is 25.9 Å². The van der Waals surface area contributed by atoms with Crippen molar-refractivity contribution >= 4 is 38.1 Å². The molecule has 0 amide bonds. The van der Waals surface area contributed by atoms with Crippen LogP contribution in [0.1, 0.15) is 20.3 Å². The van der Waals surface area contributed by atoms with E-state index in [0.717, 1.165) is 18.2 Å². The molecular weight excluding hydrogens is 369 g/mol. The zero-order chi connectivity index (χ0) is 17.0. The predicted molar refractivity (Wildman–Crippen MR) is 90.2 cm³/mol. The molecule has 0 saturated heterocycles. The zero-order valence-corrected chi connectivity index (χ0v) is 15.2. The molecule has 23 heavy (non-hydrogen) atoms. The number of hydrogen-bond donors (Lipinski definition) is 3. The standard InChI is InChI=1S/C12H20FN3O4S2.ClH/c1-3-21(17,18)16-12-5-4-10(8-11(12)13)22(19,20)15-7-6-9(2)14;/h4-5,8-9,15-16H,3,6-7,14H2,1-2H3;1H. The van der Waals surface area contributed by atoms with Gasteiger partial charge < -0.3 is 5.73 Å². The average Bonchev–Trinajstić information content (AvgIpc) is 2.40. The Morgan fingerprint density at radius 3 is 2.35 bits per heavy atom. The highest BCUT2D eigenvalue weighted by Gasteiger charge is 2.17. The lowest BCUT2D eigenvalue weighted by Gasteiger charge is -2.11. The Bertz CT molecular complexity index is 724. The highest BCUT2D eigenvalue weighted by molar-refractivity contribution is 7.92. The molecule has 1 aromatic carbocycles. The van der Waals surface area contributed by atoms with E-state index in [9.17, 15) is 21.2 Å². The second-order valence-corrected chi connectivity index (χ2v) is 8.59. The lowest BCUT2D eigenvalue weighted by atomic mass is 10.3.